The molecular formula is C16H17ClN2O5S. The van der Waals surface area contributed by atoms with Crippen LogP contribution in [0.5, 0.6) is 5.75 Å². The number of benzene rings is 1. The van der Waals surface area contributed by atoms with Crippen molar-refractivity contribution in [2.45, 2.75) is 44.6 Å². The molecular weight excluding hydrogens is 368 g/mol. The Bertz CT molecular complexity index is 932. The number of halogens is 1. The number of ether oxygens (including phenoxy) is 1. The van der Waals surface area contributed by atoms with Crippen LogP contribution in [0.3, 0.4) is 0 Å². The van der Waals surface area contributed by atoms with E-state index in [9.17, 15) is 13.2 Å². The fourth-order valence-electron chi connectivity index (χ4n) is 2.77. The van der Waals surface area contributed by atoms with Gasteiger partial charge in [-0.05, 0) is 32.9 Å². The number of hydrogen-bond donors (Lipinski definition) is 1. The first-order valence-electron chi connectivity index (χ1n) is 7.64. The van der Waals surface area contributed by atoms with Crippen molar-refractivity contribution in [2.75, 3.05) is 0 Å². The zero-order valence-electron chi connectivity index (χ0n) is 13.9. The van der Waals surface area contributed by atoms with Crippen LogP contribution in [0.4, 0.5) is 0 Å². The molecule has 1 amide bonds. The molecule has 0 bridgehead atoms. The number of aryl methyl sites for hydroxylation is 2. The maximum Gasteiger partial charge on any atom is 0.264 e. The molecule has 0 saturated carbocycles. The molecule has 0 saturated heterocycles. The molecule has 134 valence electrons. The Morgan fingerprint density at radius 1 is 1.40 bits per heavy atom. The highest BCUT2D eigenvalue weighted by Gasteiger charge is 2.27. The van der Waals surface area contributed by atoms with E-state index in [1.165, 1.54) is 12.1 Å². The molecule has 0 fully saturated rings. The summed E-state index contributed by atoms with van der Waals surface area (Å²) in [6.45, 7) is 5.23. The number of nitrogens with one attached hydrogen (secondary N) is 1. The second-order valence-electron chi connectivity index (χ2n) is 6.03. The van der Waals surface area contributed by atoms with Crippen molar-refractivity contribution in [3.63, 3.8) is 0 Å². The van der Waals surface area contributed by atoms with Crippen molar-refractivity contribution in [3.05, 3.63) is 39.7 Å². The standard InChI is InChI=1S/C16H17ClN2O5S/c1-8-4-11-5-12(6-14(17)16(11)23-8)25(21,22)19-15(20)7-13-9(2)18-24-10(13)3/h5-6,8H,4,7H2,1-3H3,(H,19,20). The molecule has 1 aromatic heterocycles. The smallest absolute Gasteiger partial charge is 0.264 e. The monoisotopic (exact) mass is 384 g/mol. The number of hydrogen-bond acceptors (Lipinski definition) is 6. The predicted octanol–water partition coefficient (Wildman–Crippen LogP) is 2.32. The third-order valence-electron chi connectivity index (χ3n) is 4.00. The molecule has 1 aromatic carbocycles. The SMILES string of the molecule is Cc1noc(C)c1CC(=O)NS(=O)(=O)c1cc(Cl)c2c(c1)CC(C)O2. The third kappa shape index (κ3) is 3.50. The van der Waals surface area contributed by atoms with Crippen molar-refractivity contribution < 1.29 is 22.5 Å². The number of fused-ring (bicyclic) bond motifs is 1. The highest BCUT2D eigenvalue weighted by atomic mass is 35.5. The molecule has 0 spiro atoms. The maximum atomic E-state index is 12.5. The van der Waals surface area contributed by atoms with Gasteiger partial charge in [0, 0.05) is 17.5 Å². The van der Waals surface area contributed by atoms with Gasteiger partial charge in [0.1, 0.15) is 17.6 Å². The first-order chi connectivity index (χ1) is 11.7. The Morgan fingerprint density at radius 2 is 2.12 bits per heavy atom. The van der Waals surface area contributed by atoms with Gasteiger partial charge in [-0.2, -0.15) is 0 Å². The average molecular weight is 385 g/mol. The van der Waals surface area contributed by atoms with Gasteiger partial charge in [-0.25, -0.2) is 13.1 Å². The lowest BCUT2D eigenvalue weighted by Crippen LogP contribution is -2.32. The lowest BCUT2D eigenvalue weighted by atomic mass is 10.1. The van der Waals surface area contributed by atoms with Crippen molar-refractivity contribution in [1.29, 1.82) is 0 Å². The molecule has 1 aliphatic heterocycles. The number of rotatable bonds is 4. The zero-order valence-corrected chi connectivity index (χ0v) is 15.5. The van der Waals surface area contributed by atoms with E-state index in [4.69, 9.17) is 20.9 Å². The van der Waals surface area contributed by atoms with E-state index in [0.29, 0.717) is 34.8 Å². The summed E-state index contributed by atoms with van der Waals surface area (Å²) in [5.41, 5.74) is 1.83. The van der Waals surface area contributed by atoms with Crippen molar-refractivity contribution in [2.24, 2.45) is 0 Å². The quantitative estimate of drug-likeness (QED) is 0.868. The van der Waals surface area contributed by atoms with Crippen LogP contribution in [0.2, 0.25) is 5.02 Å². The van der Waals surface area contributed by atoms with E-state index in [1.807, 2.05) is 6.92 Å². The molecule has 7 nitrogen and oxygen atoms in total. The highest BCUT2D eigenvalue weighted by molar-refractivity contribution is 7.90. The summed E-state index contributed by atoms with van der Waals surface area (Å²) in [6.07, 6.45) is 0.351. The van der Waals surface area contributed by atoms with Crippen LogP contribution in [-0.2, 0) is 27.7 Å². The van der Waals surface area contributed by atoms with E-state index in [2.05, 4.69) is 9.88 Å². The van der Waals surface area contributed by atoms with Crippen LogP contribution in [-0.4, -0.2) is 25.6 Å². The first kappa shape index (κ1) is 17.8. The number of sulfonamides is 1. The van der Waals surface area contributed by atoms with E-state index in [-0.39, 0.29) is 22.4 Å². The minimum absolute atomic E-state index is 0.0685. The Kier molecular flexibility index (Phi) is 4.51. The Morgan fingerprint density at radius 3 is 2.76 bits per heavy atom. The summed E-state index contributed by atoms with van der Waals surface area (Å²) in [5, 5.41) is 3.95. The van der Waals surface area contributed by atoms with Crippen LogP contribution in [0.25, 0.3) is 0 Å². The van der Waals surface area contributed by atoms with Gasteiger partial charge in [0.15, 0.2) is 0 Å². The van der Waals surface area contributed by atoms with Crippen molar-refractivity contribution in [1.82, 2.24) is 9.88 Å². The topological polar surface area (TPSA) is 98.5 Å². The van der Waals surface area contributed by atoms with Crippen LogP contribution in [0, 0.1) is 13.8 Å². The van der Waals surface area contributed by atoms with Crippen LogP contribution in [0.1, 0.15) is 29.5 Å². The number of amides is 1. The van der Waals surface area contributed by atoms with E-state index in [0.717, 1.165) is 0 Å². The molecule has 25 heavy (non-hydrogen) atoms. The van der Waals surface area contributed by atoms with Crippen LogP contribution < -0.4 is 9.46 Å². The van der Waals surface area contributed by atoms with Gasteiger partial charge in [-0.15, -0.1) is 0 Å². The highest BCUT2D eigenvalue weighted by Crippen LogP contribution is 2.37. The lowest BCUT2D eigenvalue weighted by molar-refractivity contribution is -0.118. The van der Waals surface area contributed by atoms with Gasteiger partial charge in [-0.1, -0.05) is 16.8 Å². The molecule has 0 aliphatic carbocycles. The first-order valence-corrected chi connectivity index (χ1v) is 9.50. The van der Waals surface area contributed by atoms with Gasteiger partial charge in [-0.3, -0.25) is 4.79 Å². The fraction of sp³-hybridized carbons (Fsp3) is 0.375. The third-order valence-corrected chi connectivity index (χ3v) is 5.63. The Balaban J connectivity index is 1.82. The Labute approximate surface area is 150 Å². The summed E-state index contributed by atoms with van der Waals surface area (Å²) in [5.74, 6) is 0.308. The lowest BCUT2D eigenvalue weighted by Gasteiger charge is -2.09. The molecule has 1 unspecified atom stereocenters. The molecule has 1 aliphatic rings. The van der Waals surface area contributed by atoms with E-state index in [1.54, 1.807) is 13.8 Å². The number of carbonyl (C=O) groups is 1. The van der Waals surface area contributed by atoms with Gasteiger partial charge in [0.25, 0.3) is 10.0 Å². The summed E-state index contributed by atoms with van der Waals surface area (Å²) in [6, 6.07) is 2.76. The number of aromatic nitrogens is 1. The largest absolute Gasteiger partial charge is 0.489 e. The second kappa shape index (κ2) is 6.34. The Hall–Kier alpha value is -2.06. The van der Waals surface area contributed by atoms with Gasteiger partial charge < -0.3 is 9.26 Å². The van der Waals surface area contributed by atoms with Crippen molar-refractivity contribution in [3.8, 4) is 5.75 Å². The summed E-state index contributed by atoms with van der Waals surface area (Å²) in [4.78, 5) is 12.1. The number of carbonyl (C=O) groups excluding carboxylic acids is 1. The predicted molar refractivity (Wildman–Crippen MR) is 90.3 cm³/mol. The van der Waals surface area contributed by atoms with Crippen LogP contribution >= 0.6 is 11.6 Å². The maximum absolute atomic E-state index is 12.5. The van der Waals surface area contributed by atoms with Crippen molar-refractivity contribution >= 4 is 27.5 Å². The molecule has 9 heteroatoms. The summed E-state index contributed by atoms with van der Waals surface area (Å²) >= 11 is 6.12. The van der Waals surface area contributed by atoms with E-state index < -0.39 is 15.9 Å². The molecule has 2 aromatic rings. The molecule has 3 rings (SSSR count). The van der Waals surface area contributed by atoms with E-state index >= 15 is 0 Å². The fourth-order valence-corrected chi connectivity index (χ4v) is 4.18. The minimum Gasteiger partial charge on any atom is -0.489 e. The van der Waals surface area contributed by atoms with Gasteiger partial charge in [0.2, 0.25) is 5.91 Å². The van der Waals surface area contributed by atoms with Gasteiger partial charge >= 0.3 is 0 Å². The molecule has 0 radical (unpaired) electrons. The van der Waals surface area contributed by atoms with Gasteiger partial charge in [0.05, 0.1) is 22.0 Å². The average Bonchev–Trinajstić information content (AvgIpc) is 3.03. The van der Waals surface area contributed by atoms with Crippen LogP contribution in [0.15, 0.2) is 21.6 Å². The molecule has 1 atom stereocenters. The molecule has 2 heterocycles. The normalized spacial score (nSPS) is 16.4. The zero-order chi connectivity index (χ0) is 18.4. The number of nitrogens with zero attached hydrogens (tertiary/aromatic N) is 1. The summed E-state index contributed by atoms with van der Waals surface area (Å²) < 4.78 is 37.6. The molecule has 1 N–H and O–H groups in total. The second-order valence-corrected chi connectivity index (χ2v) is 8.12. The minimum atomic E-state index is -4.04. The summed E-state index contributed by atoms with van der Waals surface area (Å²) in [7, 11) is -4.04.